The number of anilines is 3. The molecule has 1 aromatic heterocycles. The average Bonchev–Trinajstić information content (AvgIpc) is 2.91. The second-order valence-electron chi connectivity index (χ2n) is 6.84. The Kier molecular flexibility index (Phi) is 6.35. The number of carbonyl (C=O) groups excluding carboxylic acids is 2. The Labute approximate surface area is 159 Å². The quantitative estimate of drug-likeness (QED) is 0.698. The van der Waals surface area contributed by atoms with Crippen molar-refractivity contribution >= 4 is 29.0 Å². The van der Waals surface area contributed by atoms with E-state index in [0.717, 1.165) is 12.8 Å². The lowest BCUT2D eigenvalue weighted by Gasteiger charge is -2.16. The van der Waals surface area contributed by atoms with Crippen molar-refractivity contribution in [2.24, 2.45) is 0 Å². The van der Waals surface area contributed by atoms with Crippen LogP contribution in [-0.2, 0) is 4.79 Å². The Hall–Kier alpha value is -2.96. The molecule has 1 saturated carbocycles. The fraction of sp³-hybridized carbons (Fsp3) is 0.400. The lowest BCUT2D eigenvalue weighted by atomic mass is 10.1. The SMILES string of the molecule is CC(=O)Nc1cccc(NC(=O)c2cnc(NC3CCCCCC3)cn2)c1. The number of aromatic nitrogens is 2. The average molecular weight is 367 g/mol. The molecule has 0 bridgehead atoms. The van der Waals surface area contributed by atoms with E-state index in [0.29, 0.717) is 23.2 Å². The predicted molar refractivity (Wildman–Crippen MR) is 106 cm³/mol. The molecule has 0 unspecified atom stereocenters. The molecule has 142 valence electrons. The molecule has 0 aliphatic heterocycles. The molecule has 3 rings (SSSR count). The molecule has 7 nitrogen and oxygen atoms in total. The highest BCUT2D eigenvalue weighted by atomic mass is 16.2. The van der Waals surface area contributed by atoms with E-state index in [-0.39, 0.29) is 17.5 Å². The normalized spacial score (nSPS) is 14.9. The number of hydrogen-bond acceptors (Lipinski definition) is 5. The van der Waals surface area contributed by atoms with E-state index in [2.05, 4.69) is 25.9 Å². The molecule has 1 aromatic carbocycles. The van der Waals surface area contributed by atoms with E-state index in [4.69, 9.17) is 0 Å². The zero-order valence-electron chi connectivity index (χ0n) is 15.5. The van der Waals surface area contributed by atoms with Gasteiger partial charge in [-0.3, -0.25) is 9.59 Å². The molecular weight excluding hydrogens is 342 g/mol. The van der Waals surface area contributed by atoms with Crippen molar-refractivity contribution in [1.29, 1.82) is 0 Å². The van der Waals surface area contributed by atoms with E-state index < -0.39 is 0 Å². The highest BCUT2D eigenvalue weighted by Gasteiger charge is 2.14. The van der Waals surface area contributed by atoms with Crippen LogP contribution in [-0.4, -0.2) is 27.8 Å². The molecular formula is C20H25N5O2. The number of nitrogens with zero attached hydrogens (tertiary/aromatic N) is 2. The highest BCUT2D eigenvalue weighted by Crippen LogP contribution is 2.20. The Bertz CT molecular complexity index is 783. The van der Waals surface area contributed by atoms with Crippen molar-refractivity contribution in [2.45, 2.75) is 51.5 Å². The summed E-state index contributed by atoms with van der Waals surface area (Å²) in [6, 6.07) is 7.38. The number of carbonyl (C=O) groups is 2. The lowest BCUT2D eigenvalue weighted by molar-refractivity contribution is -0.114. The van der Waals surface area contributed by atoms with Crippen LogP contribution < -0.4 is 16.0 Å². The van der Waals surface area contributed by atoms with Crippen LogP contribution in [0.4, 0.5) is 17.2 Å². The van der Waals surface area contributed by atoms with Crippen LogP contribution in [0.1, 0.15) is 55.9 Å². The maximum absolute atomic E-state index is 12.4. The van der Waals surface area contributed by atoms with Gasteiger partial charge in [0.05, 0.1) is 12.4 Å². The van der Waals surface area contributed by atoms with Gasteiger partial charge < -0.3 is 16.0 Å². The smallest absolute Gasteiger partial charge is 0.275 e. The first-order valence-corrected chi connectivity index (χ1v) is 9.38. The summed E-state index contributed by atoms with van der Waals surface area (Å²) >= 11 is 0. The van der Waals surface area contributed by atoms with Crippen molar-refractivity contribution in [3.8, 4) is 0 Å². The molecule has 0 spiro atoms. The third kappa shape index (κ3) is 5.77. The second kappa shape index (κ2) is 9.12. The molecule has 2 aromatic rings. The van der Waals surface area contributed by atoms with Gasteiger partial charge in [0.2, 0.25) is 5.91 Å². The van der Waals surface area contributed by atoms with Crippen LogP contribution in [0.5, 0.6) is 0 Å². The van der Waals surface area contributed by atoms with Gasteiger partial charge in [-0.05, 0) is 31.0 Å². The fourth-order valence-corrected chi connectivity index (χ4v) is 3.23. The van der Waals surface area contributed by atoms with Gasteiger partial charge in [0.1, 0.15) is 11.5 Å². The summed E-state index contributed by atoms with van der Waals surface area (Å²) in [5.74, 6) is 0.190. The zero-order chi connectivity index (χ0) is 19.1. The Morgan fingerprint density at radius 3 is 2.30 bits per heavy atom. The van der Waals surface area contributed by atoms with Gasteiger partial charge in [0.15, 0.2) is 0 Å². The second-order valence-corrected chi connectivity index (χ2v) is 6.84. The number of rotatable bonds is 5. The summed E-state index contributed by atoms with van der Waals surface area (Å²) in [6.07, 6.45) is 10.5. The summed E-state index contributed by atoms with van der Waals surface area (Å²) < 4.78 is 0. The molecule has 0 atom stereocenters. The molecule has 7 heteroatoms. The van der Waals surface area contributed by atoms with Gasteiger partial charge in [-0.15, -0.1) is 0 Å². The van der Waals surface area contributed by atoms with Gasteiger partial charge in [-0.1, -0.05) is 31.7 Å². The molecule has 1 aliphatic rings. The van der Waals surface area contributed by atoms with Crippen LogP contribution in [0.15, 0.2) is 36.7 Å². The van der Waals surface area contributed by atoms with Crippen LogP contribution in [0.3, 0.4) is 0 Å². The van der Waals surface area contributed by atoms with Gasteiger partial charge in [0, 0.05) is 24.3 Å². The van der Waals surface area contributed by atoms with Gasteiger partial charge in [0.25, 0.3) is 5.91 Å². The topological polar surface area (TPSA) is 96.0 Å². The summed E-state index contributed by atoms with van der Waals surface area (Å²) in [5, 5.41) is 8.87. The van der Waals surface area contributed by atoms with Gasteiger partial charge in [-0.2, -0.15) is 0 Å². The van der Waals surface area contributed by atoms with Crippen LogP contribution in [0.25, 0.3) is 0 Å². The third-order valence-electron chi connectivity index (χ3n) is 4.53. The summed E-state index contributed by atoms with van der Waals surface area (Å²) in [7, 11) is 0. The minimum atomic E-state index is -0.344. The molecule has 0 radical (unpaired) electrons. The van der Waals surface area contributed by atoms with Crippen molar-refractivity contribution in [1.82, 2.24) is 9.97 Å². The van der Waals surface area contributed by atoms with Crippen molar-refractivity contribution in [3.05, 3.63) is 42.4 Å². The van der Waals surface area contributed by atoms with E-state index in [1.807, 2.05) is 0 Å². The standard InChI is InChI=1S/C20H25N5O2/c1-14(26)23-16-9-6-10-17(11-16)25-20(27)18-12-22-19(13-21-18)24-15-7-4-2-3-5-8-15/h6,9-13,15H,2-5,7-8H2,1H3,(H,22,24)(H,23,26)(H,25,27). The molecule has 0 saturated heterocycles. The summed E-state index contributed by atoms with van der Waals surface area (Å²) in [5.41, 5.74) is 1.44. The number of nitrogens with one attached hydrogen (secondary N) is 3. The highest BCUT2D eigenvalue weighted by molar-refractivity contribution is 6.03. The maximum Gasteiger partial charge on any atom is 0.275 e. The minimum absolute atomic E-state index is 0.166. The molecule has 1 fully saturated rings. The number of hydrogen-bond donors (Lipinski definition) is 3. The maximum atomic E-state index is 12.4. The van der Waals surface area contributed by atoms with Gasteiger partial charge in [-0.25, -0.2) is 9.97 Å². The Morgan fingerprint density at radius 1 is 0.963 bits per heavy atom. The Morgan fingerprint density at radius 2 is 1.67 bits per heavy atom. The number of amides is 2. The van der Waals surface area contributed by atoms with E-state index >= 15 is 0 Å². The van der Waals surface area contributed by atoms with Crippen LogP contribution in [0, 0.1) is 0 Å². The zero-order valence-corrected chi connectivity index (χ0v) is 15.5. The molecule has 1 heterocycles. The minimum Gasteiger partial charge on any atom is -0.366 e. The van der Waals surface area contributed by atoms with Crippen molar-refractivity contribution in [3.63, 3.8) is 0 Å². The van der Waals surface area contributed by atoms with Crippen molar-refractivity contribution in [2.75, 3.05) is 16.0 Å². The fourth-order valence-electron chi connectivity index (χ4n) is 3.23. The molecule has 3 N–H and O–H groups in total. The van der Waals surface area contributed by atoms with Crippen LogP contribution in [0.2, 0.25) is 0 Å². The molecule has 2 amide bonds. The lowest BCUT2D eigenvalue weighted by Crippen LogP contribution is -2.20. The predicted octanol–water partition coefficient (Wildman–Crippen LogP) is 3.82. The molecule has 1 aliphatic carbocycles. The van der Waals surface area contributed by atoms with Crippen LogP contribution >= 0.6 is 0 Å². The van der Waals surface area contributed by atoms with Crippen molar-refractivity contribution < 1.29 is 9.59 Å². The summed E-state index contributed by atoms with van der Waals surface area (Å²) in [4.78, 5) is 32.1. The first-order chi connectivity index (χ1) is 13.1. The first-order valence-electron chi connectivity index (χ1n) is 9.38. The Balaban J connectivity index is 1.59. The largest absolute Gasteiger partial charge is 0.366 e. The monoisotopic (exact) mass is 367 g/mol. The molecule has 27 heavy (non-hydrogen) atoms. The van der Waals surface area contributed by atoms with E-state index in [9.17, 15) is 9.59 Å². The van der Waals surface area contributed by atoms with Gasteiger partial charge >= 0.3 is 0 Å². The third-order valence-corrected chi connectivity index (χ3v) is 4.53. The number of benzene rings is 1. The first kappa shape index (κ1) is 18.8. The van der Waals surface area contributed by atoms with E-state index in [1.54, 1.807) is 30.5 Å². The van der Waals surface area contributed by atoms with E-state index in [1.165, 1.54) is 38.8 Å². The summed E-state index contributed by atoms with van der Waals surface area (Å²) in [6.45, 7) is 1.44.